The quantitative estimate of drug-likeness (QED) is 0.801. The maximum absolute atomic E-state index is 13.0. The van der Waals surface area contributed by atoms with Gasteiger partial charge in [-0.1, -0.05) is 19.3 Å². The largest absolute Gasteiger partial charge is 0.480 e. The molecule has 0 saturated heterocycles. The van der Waals surface area contributed by atoms with Gasteiger partial charge < -0.3 is 15.7 Å². The Bertz CT molecular complexity index is 554. The van der Waals surface area contributed by atoms with E-state index in [1.165, 1.54) is 18.2 Å². The Morgan fingerprint density at radius 1 is 1.24 bits per heavy atom. The van der Waals surface area contributed by atoms with Gasteiger partial charge in [0.15, 0.2) is 0 Å². The fourth-order valence-corrected chi connectivity index (χ4v) is 2.69. The molecule has 6 heteroatoms. The van der Waals surface area contributed by atoms with E-state index in [0.717, 1.165) is 19.3 Å². The van der Waals surface area contributed by atoms with Crippen LogP contribution in [0, 0.1) is 12.7 Å². The van der Waals surface area contributed by atoms with E-state index in [1.54, 1.807) is 6.92 Å². The Labute approximate surface area is 122 Å². The van der Waals surface area contributed by atoms with Crippen LogP contribution in [-0.4, -0.2) is 22.6 Å². The van der Waals surface area contributed by atoms with Gasteiger partial charge >= 0.3 is 12.0 Å². The number of urea groups is 1. The summed E-state index contributed by atoms with van der Waals surface area (Å²) < 4.78 is 13.0. The summed E-state index contributed by atoms with van der Waals surface area (Å²) in [5, 5.41) is 14.6. The van der Waals surface area contributed by atoms with Gasteiger partial charge in [0, 0.05) is 5.69 Å². The number of aliphatic carboxylic acids is 1. The number of carboxylic acid groups (broad SMARTS) is 1. The van der Waals surface area contributed by atoms with Crippen LogP contribution in [0.15, 0.2) is 18.2 Å². The van der Waals surface area contributed by atoms with Gasteiger partial charge in [0.25, 0.3) is 0 Å². The van der Waals surface area contributed by atoms with Gasteiger partial charge in [0.05, 0.1) is 0 Å². The number of amides is 2. The Kier molecular flexibility index (Phi) is 4.45. The first-order valence-electron chi connectivity index (χ1n) is 7.02. The Morgan fingerprint density at radius 2 is 1.90 bits per heavy atom. The normalized spacial score (nSPS) is 17.0. The summed E-state index contributed by atoms with van der Waals surface area (Å²) >= 11 is 0. The summed E-state index contributed by atoms with van der Waals surface area (Å²) in [5.74, 6) is -1.39. The van der Waals surface area contributed by atoms with Crippen LogP contribution < -0.4 is 10.6 Å². The molecule has 0 aromatic heterocycles. The van der Waals surface area contributed by atoms with Crippen molar-refractivity contribution < 1.29 is 19.1 Å². The van der Waals surface area contributed by atoms with Crippen molar-refractivity contribution in [2.75, 3.05) is 5.32 Å². The van der Waals surface area contributed by atoms with Crippen molar-refractivity contribution in [1.82, 2.24) is 5.32 Å². The molecule has 1 aromatic rings. The number of rotatable bonds is 3. The van der Waals surface area contributed by atoms with E-state index in [4.69, 9.17) is 0 Å². The van der Waals surface area contributed by atoms with E-state index in [-0.39, 0.29) is 5.82 Å². The van der Waals surface area contributed by atoms with Crippen LogP contribution in [0.4, 0.5) is 14.9 Å². The number of carbonyl (C=O) groups is 2. The van der Waals surface area contributed by atoms with Gasteiger partial charge in [-0.05, 0) is 43.5 Å². The van der Waals surface area contributed by atoms with Gasteiger partial charge in [-0.3, -0.25) is 0 Å². The van der Waals surface area contributed by atoms with Crippen LogP contribution in [0.2, 0.25) is 0 Å². The van der Waals surface area contributed by atoms with Crippen molar-refractivity contribution in [2.45, 2.75) is 44.6 Å². The maximum atomic E-state index is 13.0. The number of hydrogen-bond donors (Lipinski definition) is 3. The lowest BCUT2D eigenvalue weighted by Gasteiger charge is -2.33. The Hall–Kier alpha value is -2.11. The number of aryl methyl sites for hydroxylation is 1. The van der Waals surface area contributed by atoms with Gasteiger partial charge in [-0.25, -0.2) is 14.0 Å². The van der Waals surface area contributed by atoms with Gasteiger partial charge in [-0.2, -0.15) is 0 Å². The van der Waals surface area contributed by atoms with E-state index >= 15 is 0 Å². The molecule has 3 N–H and O–H groups in total. The Morgan fingerprint density at radius 3 is 2.48 bits per heavy atom. The van der Waals surface area contributed by atoms with Crippen LogP contribution in [-0.2, 0) is 4.79 Å². The number of nitrogens with one attached hydrogen (secondary N) is 2. The zero-order chi connectivity index (χ0) is 15.5. The lowest BCUT2D eigenvalue weighted by molar-refractivity contribution is -0.145. The highest BCUT2D eigenvalue weighted by atomic mass is 19.1. The molecule has 0 spiro atoms. The third-order valence-corrected chi connectivity index (χ3v) is 3.91. The number of hydrogen-bond acceptors (Lipinski definition) is 2. The molecule has 2 rings (SSSR count). The highest BCUT2D eigenvalue weighted by molar-refractivity contribution is 5.94. The van der Waals surface area contributed by atoms with Crippen LogP contribution in [0.5, 0.6) is 0 Å². The van der Waals surface area contributed by atoms with E-state index < -0.39 is 17.5 Å². The summed E-state index contributed by atoms with van der Waals surface area (Å²) in [6.07, 6.45) is 3.40. The first-order valence-corrected chi connectivity index (χ1v) is 7.02. The fourth-order valence-electron chi connectivity index (χ4n) is 2.69. The standard InChI is InChI=1S/C15H19FN2O3/c1-10-9-11(16)5-6-12(10)17-14(21)18-15(13(19)20)7-3-2-4-8-15/h5-6,9H,2-4,7-8H2,1H3,(H,19,20)(H2,17,18,21). The van der Waals surface area contributed by atoms with E-state index in [0.29, 0.717) is 24.1 Å². The molecule has 0 radical (unpaired) electrons. The fraction of sp³-hybridized carbons (Fsp3) is 0.467. The topological polar surface area (TPSA) is 78.4 Å². The van der Waals surface area contributed by atoms with Crippen molar-refractivity contribution in [3.05, 3.63) is 29.6 Å². The van der Waals surface area contributed by atoms with E-state index in [2.05, 4.69) is 10.6 Å². The number of carbonyl (C=O) groups excluding carboxylic acids is 1. The van der Waals surface area contributed by atoms with Gasteiger partial charge in [0.2, 0.25) is 0 Å². The minimum atomic E-state index is -1.20. The molecule has 21 heavy (non-hydrogen) atoms. The van der Waals surface area contributed by atoms with Crippen molar-refractivity contribution in [3.63, 3.8) is 0 Å². The van der Waals surface area contributed by atoms with Crippen LogP contribution in [0.25, 0.3) is 0 Å². The number of halogens is 1. The summed E-state index contributed by atoms with van der Waals surface area (Å²) in [4.78, 5) is 23.5. The minimum absolute atomic E-state index is 0.382. The summed E-state index contributed by atoms with van der Waals surface area (Å²) in [6, 6.07) is 3.44. The lowest BCUT2D eigenvalue weighted by Crippen LogP contribution is -2.56. The first-order chi connectivity index (χ1) is 9.93. The molecular formula is C15H19FN2O3. The zero-order valence-corrected chi connectivity index (χ0v) is 11.9. The Balaban J connectivity index is 2.07. The molecular weight excluding hydrogens is 275 g/mol. The molecule has 5 nitrogen and oxygen atoms in total. The third kappa shape index (κ3) is 3.51. The number of anilines is 1. The third-order valence-electron chi connectivity index (χ3n) is 3.91. The van der Waals surface area contributed by atoms with Gasteiger partial charge in [0.1, 0.15) is 11.4 Å². The lowest BCUT2D eigenvalue weighted by atomic mass is 9.82. The van der Waals surface area contributed by atoms with Crippen molar-refractivity contribution >= 4 is 17.7 Å². The molecule has 114 valence electrons. The molecule has 0 atom stereocenters. The average Bonchev–Trinajstić information content (AvgIpc) is 2.43. The molecule has 0 heterocycles. The van der Waals surface area contributed by atoms with E-state index in [1.807, 2.05) is 0 Å². The molecule has 0 aliphatic heterocycles. The summed E-state index contributed by atoms with van der Waals surface area (Å²) in [6.45, 7) is 1.67. The molecule has 0 unspecified atom stereocenters. The molecule has 1 fully saturated rings. The van der Waals surface area contributed by atoms with Crippen molar-refractivity contribution in [3.8, 4) is 0 Å². The van der Waals surface area contributed by atoms with Crippen molar-refractivity contribution in [2.24, 2.45) is 0 Å². The zero-order valence-electron chi connectivity index (χ0n) is 11.9. The van der Waals surface area contributed by atoms with Gasteiger partial charge in [-0.15, -0.1) is 0 Å². The van der Waals surface area contributed by atoms with Crippen LogP contribution in [0.3, 0.4) is 0 Å². The van der Waals surface area contributed by atoms with E-state index in [9.17, 15) is 19.1 Å². The number of carboxylic acids is 1. The second kappa shape index (κ2) is 6.11. The molecule has 1 aromatic carbocycles. The highest BCUT2D eigenvalue weighted by Gasteiger charge is 2.41. The highest BCUT2D eigenvalue weighted by Crippen LogP contribution is 2.28. The minimum Gasteiger partial charge on any atom is -0.480 e. The van der Waals surface area contributed by atoms with Crippen LogP contribution in [0.1, 0.15) is 37.7 Å². The second-order valence-corrected chi connectivity index (χ2v) is 5.49. The average molecular weight is 294 g/mol. The number of benzene rings is 1. The molecule has 1 aliphatic carbocycles. The predicted octanol–water partition coefficient (Wildman–Crippen LogP) is 3.04. The first kappa shape index (κ1) is 15.3. The van der Waals surface area contributed by atoms with Crippen LogP contribution >= 0.6 is 0 Å². The molecule has 1 aliphatic rings. The maximum Gasteiger partial charge on any atom is 0.329 e. The summed E-state index contributed by atoms with van der Waals surface area (Å²) in [5.41, 5.74) is -0.153. The van der Waals surface area contributed by atoms with Crippen molar-refractivity contribution in [1.29, 1.82) is 0 Å². The smallest absolute Gasteiger partial charge is 0.329 e. The second-order valence-electron chi connectivity index (χ2n) is 5.49. The summed E-state index contributed by atoms with van der Waals surface area (Å²) in [7, 11) is 0. The molecule has 2 amide bonds. The monoisotopic (exact) mass is 294 g/mol. The molecule has 1 saturated carbocycles. The SMILES string of the molecule is Cc1cc(F)ccc1NC(=O)NC1(C(=O)O)CCCCC1. The predicted molar refractivity (Wildman–Crippen MR) is 76.7 cm³/mol. The molecule has 0 bridgehead atoms.